The number of hydrogen-bond donors (Lipinski definition) is 2. The van der Waals surface area contributed by atoms with Crippen molar-refractivity contribution in [3.05, 3.63) is 0 Å². The van der Waals surface area contributed by atoms with Crippen molar-refractivity contribution in [2.24, 2.45) is 11.8 Å². The number of carbonyl (C=O) groups excluding carboxylic acids is 1. The zero-order valence-corrected chi connectivity index (χ0v) is 9.23. The molecule has 0 spiro atoms. The van der Waals surface area contributed by atoms with Gasteiger partial charge < -0.3 is 10.6 Å². The van der Waals surface area contributed by atoms with Crippen LogP contribution in [0.2, 0.25) is 0 Å². The van der Waals surface area contributed by atoms with Crippen molar-refractivity contribution >= 4 is 5.91 Å². The van der Waals surface area contributed by atoms with Gasteiger partial charge in [-0.3, -0.25) is 4.79 Å². The lowest BCUT2D eigenvalue weighted by atomic mass is 9.88. The Kier molecular flexibility index (Phi) is 4.58. The van der Waals surface area contributed by atoms with Crippen LogP contribution in [0.5, 0.6) is 0 Å². The Morgan fingerprint density at radius 1 is 1.50 bits per heavy atom. The molecule has 1 unspecified atom stereocenters. The van der Waals surface area contributed by atoms with E-state index in [0.29, 0.717) is 5.92 Å². The van der Waals surface area contributed by atoms with Crippen molar-refractivity contribution in [3.8, 4) is 0 Å². The molecule has 3 nitrogen and oxygen atoms in total. The summed E-state index contributed by atoms with van der Waals surface area (Å²) in [5, 5.41) is 5.59. The Balaban J connectivity index is 2.10. The van der Waals surface area contributed by atoms with Gasteiger partial charge in [0.1, 0.15) is 0 Å². The summed E-state index contributed by atoms with van der Waals surface area (Å²) in [5.74, 6) is 0.0587. The summed E-state index contributed by atoms with van der Waals surface area (Å²) in [7, 11) is 0. The van der Waals surface area contributed by atoms with E-state index in [0.717, 1.165) is 13.1 Å². The smallest absolute Gasteiger partial charge is 0.356 e. The second-order valence-electron chi connectivity index (χ2n) is 4.22. The summed E-state index contributed by atoms with van der Waals surface area (Å²) < 4.78 is 35.4. The molecule has 1 atom stereocenters. The highest BCUT2D eigenvalue weighted by Crippen LogP contribution is 2.21. The highest BCUT2D eigenvalue weighted by Gasteiger charge is 2.29. The van der Waals surface area contributed by atoms with E-state index in [-0.39, 0.29) is 24.8 Å². The normalized spacial score (nSPS) is 19.0. The van der Waals surface area contributed by atoms with Crippen molar-refractivity contribution in [3.63, 3.8) is 0 Å². The number of nitrogens with one attached hydrogen (secondary N) is 2. The highest BCUT2D eigenvalue weighted by atomic mass is 19.4. The fourth-order valence-electron chi connectivity index (χ4n) is 1.54. The van der Waals surface area contributed by atoms with Crippen molar-refractivity contribution in [1.29, 1.82) is 0 Å². The van der Waals surface area contributed by atoms with E-state index < -0.39 is 12.6 Å². The van der Waals surface area contributed by atoms with E-state index in [2.05, 4.69) is 10.6 Å². The first-order valence-corrected chi connectivity index (χ1v) is 5.45. The molecule has 0 aromatic rings. The van der Waals surface area contributed by atoms with Crippen LogP contribution in [-0.2, 0) is 4.79 Å². The van der Waals surface area contributed by atoms with E-state index >= 15 is 0 Å². The molecule has 0 radical (unpaired) electrons. The number of hydrogen-bond acceptors (Lipinski definition) is 2. The third kappa shape index (κ3) is 4.38. The number of amides is 1. The Labute approximate surface area is 92.8 Å². The minimum absolute atomic E-state index is 0.0507. The molecule has 0 bridgehead atoms. The number of carbonyl (C=O) groups is 1. The fraction of sp³-hybridized carbons (Fsp3) is 0.900. The van der Waals surface area contributed by atoms with Gasteiger partial charge in [-0.15, -0.1) is 0 Å². The summed E-state index contributed by atoms with van der Waals surface area (Å²) in [4.78, 5) is 11.5. The molecule has 1 amide bonds. The molecule has 1 rings (SSSR count). The van der Waals surface area contributed by atoms with Crippen LogP contribution in [-0.4, -0.2) is 31.7 Å². The van der Waals surface area contributed by atoms with Gasteiger partial charge in [-0.1, -0.05) is 6.92 Å². The van der Waals surface area contributed by atoms with E-state index in [4.69, 9.17) is 0 Å². The quantitative estimate of drug-likeness (QED) is 0.709. The van der Waals surface area contributed by atoms with Gasteiger partial charge in [-0.05, 0) is 25.4 Å². The van der Waals surface area contributed by atoms with Gasteiger partial charge in [-0.25, -0.2) is 0 Å². The first-order valence-electron chi connectivity index (χ1n) is 5.45. The SMILES string of the molecule is CC(C(=O)NCCCC(F)(F)F)C1CNC1. The predicted molar refractivity (Wildman–Crippen MR) is 53.8 cm³/mol. The molecule has 0 aromatic carbocycles. The molecule has 0 aliphatic carbocycles. The van der Waals surface area contributed by atoms with Crippen molar-refractivity contribution in [1.82, 2.24) is 10.6 Å². The van der Waals surface area contributed by atoms with Gasteiger partial charge in [0.05, 0.1) is 0 Å². The third-order valence-corrected chi connectivity index (χ3v) is 2.87. The molecule has 94 valence electrons. The van der Waals surface area contributed by atoms with E-state index in [9.17, 15) is 18.0 Å². The summed E-state index contributed by atoms with van der Waals surface area (Å²) in [6, 6.07) is 0. The summed E-state index contributed by atoms with van der Waals surface area (Å²) in [5.41, 5.74) is 0. The van der Waals surface area contributed by atoms with E-state index in [1.807, 2.05) is 6.92 Å². The standard InChI is InChI=1S/C10H17F3N2O/c1-7(8-5-14-6-8)9(16)15-4-2-3-10(11,12)13/h7-8,14H,2-6H2,1H3,(H,15,16). The molecule has 16 heavy (non-hydrogen) atoms. The highest BCUT2D eigenvalue weighted by molar-refractivity contribution is 5.78. The van der Waals surface area contributed by atoms with Gasteiger partial charge in [0.15, 0.2) is 0 Å². The zero-order chi connectivity index (χ0) is 12.2. The molecule has 6 heteroatoms. The van der Waals surface area contributed by atoms with Crippen molar-refractivity contribution in [2.75, 3.05) is 19.6 Å². The lowest BCUT2D eigenvalue weighted by Crippen LogP contribution is -2.49. The van der Waals surface area contributed by atoms with Crippen LogP contribution in [0.15, 0.2) is 0 Å². The molecule has 2 N–H and O–H groups in total. The summed E-state index contributed by atoms with van der Waals surface area (Å²) in [6.07, 6.45) is -5.02. The average Bonchev–Trinajstić information content (AvgIpc) is 2.07. The Morgan fingerprint density at radius 2 is 2.12 bits per heavy atom. The minimum Gasteiger partial charge on any atom is -0.356 e. The molecule has 1 saturated heterocycles. The van der Waals surface area contributed by atoms with Gasteiger partial charge in [0.2, 0.25) is 5.91 Å². The molecular weight excluding hydrogens is 221 g/mol. The number of halogens is 3. The maximum Gasteiger partial charge on any atom is 0.389 e. The second-order valence-corrected chi connectivity index (χ2v) is 4.22. The van der Waals surface area contributed by atoms with Crippen LogP contribution < -0.4 is 10.6 Å². The first kappa shape index (κ1) is 13.3. The predicted octanol–water partition coefficient (Wildman–Crippen LogP) is 1.30. The summed E-state index contributed by atoms with van der Waals surface area (Å²) >= 11 is 0. The number of alkyl halides is 3. The molecule has 0 saturated carbocycles. The Morgan fingerprint density at radius 3 is 2.56 bits per heavy atom. The minimum atomic E-state index is -4.13. The van der Waals surface area contributed by atoms with Crippen LogP contribution in [0.3, 0.4) is 0 Å². The third-order valence-electron chi connectivity index (χ3n) is 2.87. The monoisotopic (exact) mass is 238 g/mol. The topological polar surface area (TPSA) is 41.1 Å². The number of rotatable bonds is 5. The average molecular weight is 238 g/mol. The van der Waals surface area contributed by atoms with Crippen LogP contribution in [0.4, 0.5) is 13.2 Å². The van der Waals surface area contributed by atoms with Crippen LogP contribution in [0.1, 0.15) is 19.8 Å². The van der Waals surface area contributed by atoms with Crippen molar-refractivity contribution in [2.45, 2.75) is 25.9 Å². The van der Waals surface area contributed by atoms with Gasteiger partial charge in [0.25, 0.3) is 0 Å². The largest absolute Gasteiger partial charge is 0.389 e. The van der Waals surface area contributed by atoms with Gasteiger partial charge in [-0.2, -0.15) is 13.2 Å². The molecule has 1 heterocycles. The lowest BCUT2D eigenvalue weighted by molar-refractivity contribution is -0.136. The summed E-state index contributed by atoms with van der Waals surface area (Å²) in [6.45, 7) is 3.54. The van der Waals surface area contributed by atoms with Crippen LogP contribution >= 0.6 is 0 Å². The Bertz CT molecular complexity index is 239. The van der Waals surface area contributed by atoms with Crippen LogP contribution in [0.25, 0.3) is 0 Å². The molecular formula is C10H17F3N2O. The molecule has 0 aromatic heterocycles. The molecule has 1 aliphatic heterocycles. The Hall–Kier alpha value is -0.780. The van der Waals surface area contributed by atoms with E-state index in [1.54, 1.807) is 0 Å². The maximum absolute atomic E-state index is 11.8. The lowest BCUT2D eigenvalue weighted by Gasteiger charge is -2.31. The van der Waals surface area contributed by atoms with Crippen LogP contribution in [0, 0.1) is 11.8 Å². The second kappa shape index (κ2) is 5.52. The van der Waals surface area contributed by atoms with E-state index in [1.165, 1.54) is 0 Å². The zero-order valence-electron chi connectivity index (χ0n) is 9.23. The molecule has 1 aliphatic rings. The molecule has 1 fully saturated rings. The van der Waals surface area contributed by atoms with Crippen molar-refractivity contribution < 1.29 is 18.0 Å². The fourth-order valence-corrected chi connectivity index (χ4v) is 1.54. The first-order chi connectivity index (χ1) is 7.40. The maximum atomic E-state index is 11.8. The van der Waals surface area contributed by atoms with Gasteiger partial charge >= 0.3 is 6.18 Å². The van der Waals surface area contributed by atoms with Gasteiger partial charge in [0, 0.05) is 18.9 Å².